The summed E-state index contributed by atoms with van der Waals surface area (Å²) in [5.41, 5.74) is 9.00. The predicted molar refractivity (Wildman–Crippen MR) is 84.1 cm³/mol. The van der Waals surface area contributed by atoms with Gasteiger partial charge in [0, 0.05) is 35.6 Å². The molecule has 0 aliphatic heterocycles. The molecule has 0 amide bonds. The first-order valence-electron chi connectivity index (χ1n) is 6.89. The highest BCUT2D eigenvalue weighted by Crippen LogP contribution is 2.23. The molecule has 0 radical (unpaired) electrons. The minimum atomic E-state index is 0.0411. The summed E-state index contributed by atoms with van der Waals surface area (Å²) < 4.78 is 1.95. The average Bonchev–Trinajstić information content (AvgIpc) is 2.89. The number of nitrogens with two attached hydrogens (primary N) is 1. The van der Waals surface area contributed by atoms with Gasteiger partial charge in [-0.25, -0.2) is 0 Å². The van der Waals surface area contributed by atoms with Gasteiger partial charge in [-0.2, -0.15) is 5.10 Å². The van der Waals surface area contributed by atoms with E-state index in [2.05, 4.69) is 17.3 Å². The molecule has 0 spiro atoms. The third kappa shape index (κ3) is 3.52. The summed E-state index contributed by atoms with van der Waals surface area (Å²) in [6.45, 7) is 5.55. The second-order valence-corrected chi connectivity index (χ2v) is 5.34. The Bertz CT molecular complexity index is 565. The largest absolute Gasteiger partial charge is 0.377 e. The Hall–Kier alpha value is -1.52. The number of nitrogens with zero attached hydrogens (tertiary/aromatic N) is 2. The van der Waals surface area contributed by atoms with E-state index in [9.17, 15) is 0 Å². The molecule has 4 nitrogen and oxygen atoms in total. The van der Waals surface area contributed by atoms with Crippen LogP contribution < -0.4 is 11.1 Å². The van der Waals surface area contributed by atoms with Gasteiger partial charge in [-0.1, -0.05) is 24.6 Å². The van der Waals surface area contributed by atoms with Crippen molar-refractivity contribution in [2.75, 3.05) is 11.9 Å². The molecule has 5 heteroatoms. The number of anilines is 1. The molecule has 0 saturated heterocycles. The highest BCUT2D eigenvalue weighted by atomic mass is 35.5. The minimum absolute atomic E-state index is 0.0411. The fraction of sp³-hybridized carbons (Fsp3) is 0.400. The van der Waals surface area contributed by atoms with Gasteiger partial charge in [0.2, 0.25) is 0 Å². The second-order valence-electron chi connectivity index (χ2n) is 4.93. The number of aryl methyl sites for hydroxylation is 2. The van der Waals surface area contributed by atoms with E-state index in [1.54, 1.807) is 0 Å². The van der Waals surface area contributed by atoms with Gasteiger partial charge in [0.15, 0.2) is 0 Å². The van der Waals surface area contributed by atoms with Crippen LogP contribution in [0.5, 0.6) is 0 Å². The Balaban J connectivity index is 2.12. The first kappa shape index (κ1) is 14.9. The van der Waals surface area contributed by atoms with Crippen molar-refractivity contribution in [3.63, 3.8) is 0 Å². The van der Waals surface area contributed by atoms with E-state index < -0.39 is 0 Å². The van der Waals surface area contributed by atoms with Crippen molar-refractivity contribution >= 4 is 17.3 Å². The summed E-state index contributed by atoms with van der Waals surface area (Å²) in [5, 5.41) is 8.51. The monoisotopic (exact) mass is 292 g/mol. The molecule has 1 unspecified atom stereocenters. The van der Waals surface area contributed by atoms with E-state index in [0.717, 1.165) is 34.8 Å². The highest BCUT2D eigenvalue weighted by molar-refractivity contribution is 6.31. The number of nitrogens with one attached hydrogen (secondary N) is 1. The van der Waals surface area contributed by atoms with E-state index in [0.29, 0.717) is 6.54 Å². The highest BCUT2D eigenvalue weighted by Gasteiger charge is 2.12. The third-order valence-electron chi connectivity index (χ3n) is 3.26. The van der Waals surface area contributed by atoms with Crippen LogP contribution in [-0.2, 0) is 6.54 Å². The number of rotatable bonds is 6. The summed E-state index contributed by atoms with van der Waals surface area (Å²) in [4.78, 5) is 0. The normalized spacial score (nSPS) is 12.4. The van der Waals surface area contributed by atoms with Crippen molar-refractivity contribution in [1.29, 1.82) is 0 Å². The van der Waals surface area contributed by atoms with Crippen LogP contribution in [0, 0.1) is 6.92 Å². The van der Waals surface area contributed by atoms with E-state index in [1.165, 1.54) is 0 Å². The molecule has 3 N–H and O–H groups in total. The molecule has 0 saturated carbocycles. The number of benzene rings is 1. The van der Waals surface area contributed by atoms with Gasteiger partial charge >= 0.3 is 0 Å². The zero-order chi connectivity index (χ0) is 14.5. The van der Waals surface area contributed by atoms with Crippen LogP contribution in [0.25, 0.3) is 0 Å². The molecule has 0 bridgehead atoms. The second kappa shape index (κ2) is 6.77. The summed E-state index contributed by atoms with van der Waals surface area (Å²) in [6.07, 6.45) is 4.98. The van der Waals surface area contributed by atoms with Gasteiger partial charge in [-0.15, -0.1) is 0 Å². The molecule has 1 heterocycles. The summed E-state index contributed by atoms with van der Waals surface area (Å²) >= 11 is 6.14. The van der Waals surface area contributed by atoms with Crippen molar-refractivity contribution in [3.8, 4) is 0 Å². The van der Waals surface area contributed by atoms with Crippen LogP contribution in [0.1, 0.15) is 30.5 Å². The molecular formula is C15H21ClN4. The Morgan fingerprint density at radius 3 is 2.90 bits per heavy atom. The Labute approximate surface area is 124 Å². The molecular weight excluding hydrogens is 272 g/mol. The van der Waals surface area contributed by atoms with Crippen LogP contribution in [0.2, 0.25) is 5.02 Å². The maximum absolute atomic E-state index is 6.14. The van der Waals surface area contributed by atoms with Crippen molar-refractivity contribution < 1.29 is 0 Å². The van der Waals surface area contributed by atoms with Gasteiger partial charge in [-0.05, 0) is 31.0 Å². The summed E-state index contributed by atoms with van der Waals surface area (Å²) in [5.74, 6) is 0. The number of aromatic nitrogens is 2. The minimum Gasteiger partial charge on any atom is -0.377 e. The molecule has 0 aliphatic carbocycles. The zero-order valence-electron chi connectivity index (χ0n) is 11.9. The van der Waals surface area contributed by atoms with Gasteiger partial charge < -0.3 is 11.1 Å². The third-order valence-corrected chi connectivity index (χ3v) is 3.66. The smallest absolute Gasteiger partial charge is 0.0667 e. The van der Waals surface area contributed by atoms with Crippen molar-refractivity contribution in [3.05, 3.63) is 46.7 Å². The molecule has 1 aromatic carbocycles. The lowest BCUT2D eigenvalue weighted by Gasteiger charge is -2.17. The lowest BCUT2D eigenvalue weighted by Crippen LogP contribution is -2.20. The van der Waals surface area contributed by atoms with Crippen LogP contribution in [0.4, 0.5) is 5.69 Å². The van der Waals surface area contributed by atoms with Crippen molar-refractivity contribution in [2.45, 2.75) is 32.9 Å². The maximum Gasteiger partial charge on any atom is 0.0667 e. The van der Waals surface area contributed by atoms with Crippen LogP contribution in [0.3, 0.4) is 0 Å². The number of hydrogen-bond donors (Lipinski definition) is 2. The molecule has 20 heavy (non-hydrogen) atoms. The molecule has 0 fully saturated rings. The Kier molecular flexibility index (Phi) is 5.04. The zero-order valence-corrected chi connectivity index (χ0v) is 12.7. The standard InChI is InChI=1S/C15H21ClN4/c1-3-6-20-10-12(9-18-20)15(8-17)19-13-5-4-11(2)14(16)7-13/h4-5,7,9-10,15,19H,3,6,8,17H2,1-2H3. The molecule has 1 aromatic heterocycles. The van der Waals surface area contributed by atoms with Crippen LogP contribution in [-0.4, -0.2) is 16.3 Å². The Morgan fingerprint density at radius 2 is 2.25 bits per heavy atom. The van der Waals surface area contributed by atoms with Gasteiger partial charge in [0.05, 0.1) is 12.2 Å². The fourth-order valence-corrected chi connectivity index (χ4v) is 2.25. The van der Waals surface area contributed by atoms with E-state index in [4.69, 9.17) is 17.3 Å². The van der Waals surface area contributed by atoms with Crippen molar-refractivity contribution in [2.24, 2.45) is 5.73 Å². The first-order chi connectivity index (χ1) is 9.63. The first-order valence-corrected chi connectivity index (χ1v) is 7.27. The molecule has 2 aromatic rings. The molecule has 2 rings (SSSR count). The quantitative estimate of drug-likeness (QED) is 0.858. The molecule has 0 aliphatic rings. The molecule has 108 valence electrons. The van der Waals surface area contributed by atoms with Crippen molar-refractivity contribution in [1.82, 2.24) is 9.78 Å². The lowest BCUT2D eigenvalue weighted by atomic mass is 10.1. The summed E-state index contributed by atoms with van der Waals surface area (Å²) in [6, 6.07) is 5.98. The van der Waals surface area contributed by atoms with Gasteiger partial charge in [-0.3, -0.25) is 4.68 Å². The number of hydrogen-bond acceptors (Lipinski definition) is 3. The topological polar surface area (TPSA) is 55.9 Å². The maximum atomic E-state index is 6.14. The van der Waals surface area contributed by atoms with Crippen LogP contribution in [0.15, 0.2) is 30.6 Å². The van der Waals surface area contributed by atoms with E-state index >= 15 is 0 Å². The van der Waals surface area contributed by atoms with Gasteiger partial charge in [0.25, 0.3) is 0 Å². The fourth-order valence-electron chi connectivity index (χ4n) is 2.07. The van der Waals surface area contributed by atoms with E-state index in [1.807, 2.05) is 42.2 Å². The Morgan fingerprint density at radius 1 is 1.45 bits per heavy atom. The van der Waals surface area contributed by atoms with Gasteiger partial charge in [0.1, 0.15) is 0 Å². The van der Waals surface area contributed by atoms with E-state index in [-0.39, 0.29) is 6.04 Å². The van der Waals surface area contributed by atoms with Crippen LogP contribution >= 0.6 is 11.6 Å². The number of halogens is 1. The molecule has 1 atom stereocenters. The average molecular weight is 293 g/mol. The predicted octanol–water partition coefficient (Wildman–Crippen LogP) is 3.37. The summed E-state index contributed by atoms with van der Waals surface area (Å²) in [7, 11) is 0. The SMILES string of the molecule is CCCn1cc(C(CN)Nc2ccc(C)c(Cl)c2)cn1. The lowest BCUT2D eigenvalue weighted by molar-refractivity contribution is 0.601.